The highest BCUT2D eigenvalue weighted by molar-refractivity contribution is 7.89. The fraction of sp³-hybridized carbons (Fsp3) is 0.273. The Morgan fingerprint density at radius 1 is 1.00 bits per heavy atom. The van der Waals surface area contributed by atoms with Gasteiger partial charge in [0, 0.05) is 19.7 Å². The molecule has 2 heterocycles. The summed E-state index contributed by atoms with van der Waals surface area (Å²) in [6.45, 7) is 3.79. The molecule has 7 nitrogen and oxygen atoms in total. The Labute approximate surface area is 177 Å². The minimum absolute atomic E-state index is 0.0335. The fourth-order valence-electron chi connectivity index (χ4n) is 3.71. The van der Waals surface area contributed by atoms with Crippen molar-refractivity contribution in [2.75, 3.05) is 7.05 Å². The zero-order valence-electron chi connectivity index (χ0n) is 17.4. The quantitative estimate of drug-likeness (QED) is 0.684. The maximum atomic E-state index is 12.9. The van der Waals surface area contributed by atoms with Gasteiger partial charge in [0.1, 0.15) is 0 Å². The SMILES string of the molecule is CC1=NN(C)C(C)C1NS(=O)(=O)c1ccc(-c2cccc(-c3cncn3C)c2)cc1. The molecule has 1 aromatic heterocycles. The molecule has 0 saturated heterocycles. The van der Waals surface area contributed by atoms with Gasteiger partial charge in [0.2, 0.25) is 10.0 Å². The van der Waals surface area contributed by atoms with E-state index in [1.54, 1.807) is 23.5 Å². The molecule has 0 spiro atoms. The average molecular weight is 424 g/mol. The second-order valence-electron chi connectivity index (χ2n) is 7.65. The molecule has 4 rings (SSSR count). The van der Waals surface area contributed by atoms with Crippen LogP contribution in [-0.4, -0.2) is 47.8 Å². The number of nitrogens with one attached hydrogen (secondary N) is 1. The van der Waals surface area contributed by atoms with Crippen molar-refractivity contribution in [1.29, 1.82) is 0 Å². The molecule has 0 fully saturated rings. The molecule has 2 atom stereocenters. The topological polar surface area (TPSA) is 79.6 Å². The molecule has 0 radical (unpaired) electrons. The molecule has 1 aliphatic rings. The van der Waals surface area contributed by atoms with Crippen molar-refractivity contribution >= 4 is 15.7 Å². The van der Waals surface area contributed by atoms with Gasteiger partial charge < -0.3 is 4.57 Å². The maximum Gasteiger partial charge on any atom is 0.241 e. The minimum Gasteiger partial charge on any atom is -0.334 e. The van der Waals surface area contributed by atoms with E-state index in [-0.39, 0.29) is 17.0 Å². The number of imidazole rings is 1. The Hall–Kier alpha value is -2.97. The highest BCUT2D eigenvalue weighted by Gasteiger charge is 2.33. The molecule has 1 N–H and O–H groups in total. The molecule has 2 aromatic carbocycles. The lowest BCUT2D eigenvalue weighted by Gasteiger charge is -2.21. The molecule has 0 saturated carbocycles. The lowest BCUT2D eigenvalue weighted by atomic mass is 10.0. The molecule has 3 aromatic rings. The van der Waals surface area contributed by atoms with Crippen LogP contribution in [0.1, 0.15) is 13.8 Å². The van der Waals surface area contributed by atoms with Gasteiger partial charge >= 0.3 is 0 Å². The van der Waals surface area contributed by atoms with Gasteiger partial charge in [-0.1, -0.05) is 30.3 Å². The van der Waals surface area contributed by atoms with Crippen molar-refractivity contribution in [3.63, 3.8) is 0 Å². The Balaban J connectivity index is 1.58. The first-order chi connectivity index (χ1) is 14.3. The van der Waals surface area contributed by atoms with Crippen molar-refractivity contribution in [3.05, 3.63) is 61.1 Å². The van der Waals surface area contributed by atoms with Crippen LogP contribution in [0, 0.1) is 0 Å². The van der Waals surface area contributed by atoms with Crippen LogP contribution in [0.15, 0.2) is 71.1 Å². The third-order valence-corrected chi connectivity index (χ3v) is 7.05. The van der Waals surface area contributed by atoms with E-state index in [2.05, 4.69) is 20.9 Å². The van der Waals surface area contributed by atoms with Crippen LogP contribution in [0.2, 0.25) is 0 Å². The number of hydrogen-bond acceptors (Lipinski definition) is 5. The summed E-state index contributed by atoms with van der Waals surface area (Å²) in [5.41, 5.74) is 4.80. The molecular weight excluding hydrogens is 398 g/mol. The van der Waals surface area contributed by atoms with Crippen molar-refractivity contribution in [2.45, 2.75) is 30.8 Å². The van der Waals surface area contributed by atoms with Gasteiger partial charge in [0.25, 0.3) is 0 Å². The van der Waals surface area contributed by atoms with Gasteiger partial charge in [-0.05, 0) is 43.2 Å². The molecule has 0 bridgehead atoms. The van der Waals surface area contributed by atoms with E-state index in [1.807, 2.05) is 69.0 Å². The van der Waals surface area contributed by atoms with Crippen LogP contribution in [0.3, 0.4) is 0 Å². The fourth-order valence-corrected chi connectivity index (χ4v) is 5.04. The highest BCUT2D eigenvalue weighted by atomic mass is 32.2. The average Bonchev–Trinajstić information content (AvgIpc) is 3.26. The van der Waals surface area contributed by atoms with Crippen LogP contribution >= 0.6 is 0 Å². The van der Waals surface area contributed by atoms with Crippen LogP contribution in [0.5, 0.6) is 0 Å². The number of rotatable bonds is 5. The molecule has 30 heavy (non-hydrogen) atoms. The number of hydrazone groups is 1. The predicted molar refractivity (Wildman–Crippen MR) is 119 cm³/mol. The minimum atomic E-state index is -3.65. The van der Waals surface area contributed by atoms with Crippen molar-refractivity contribution in [1.82, 2.24) is 19.3 Å². The lowest BCUT2D eigenvalue weighted by molar-refractivity contribution is 0.283. The van der Waals surface area contributed by atoms with E-state index in [0.29, 0.717) is 0 Å². The van der Waals surface area contributed by atoms with Crippen molar-refractivity contribution in [2.24, 2.45) is 12.1 Å². The largest absolute Gasteiger partial charge is 0.334 e. The zero-order chi connectivity index (χ0) is 21.5. The van der Waals surface area contributed by atoms with Gasteiger partial charge in [0.05, 0.1) is 40.9 Å². The van der Waals surface area contributed by atoms with E-state index in [4.69, 9.17) is 0 Å². The number of sulfonamides is 1. The Bertz CT molecular complexity index is 1200. The summed E-state index contributed by atoms with van der Waals surface area (Å²) in [5.74, 6) is 0. The second-order valence-corrected chi connectivity index (χ2v) is 9.36. The molecule has 2 unspecified atom stereocenters. The third-order valence-electron chi connectivity index (χ3n) is 5.59. The summed E-state index contributed by atoms with van der Waals surface area (Å²) in [7, 11) is 0.149. The van der Waals surface area contributed by atoms with Crippen LogP contribution in [-0.2, 0) is 17.1 Å². The van der Waals surface area contributed by atoms with E-state index < -0.39 is 10.0 Å². The van der Waals surface area contributed by atoms with Gasteiger partial charge in [0.15, 0.2) is 0 Å². The lowest BCUT2D eigenvalue weighted by Crippen LogP contribution is -2.46. The highest BCUT2D eigenvalue weighted by Crippen LogP contribution is 2.27. The van der Waals surface area contributed by atoms with Gasteiger partial charge in [-0.3, -0.25) is 5.01 Å². The second kappa shape index (κ2) is 7.70. The number of hydrogen-bond donors (Lipinski definition) is 1. The maximum absolute atomic E-state index is 12.9. The smallest absolute Gasteiger partial charge is 0.241 e. The standard InChI is InChI=1S/C22H25N5O2S/c1-15-22(16(2)27(4)24-15)25-30(28,29)20-10-8-17(9-11-20)18-6-5-7-19(12-18)21-13-23-14-26(21)3/h5-14,16,22,25H,1-4H3. The van der Waals surface area contributed by atoms with Gasteiger partial charge in [-0.25, -0.2) is 18.1 Å². The zero-order valence-corrected chi connectivity index (χ0v) is 18.3. The van der Waals surface area contributed by atoms with E-state index in [1.165, 1.54) is 0 Å². The summed E-state index contributed by atoms with van der Waals surface area (Å²) in [6.07, 6.45) is 3.59. The molecular formula is C22H25N5O2S. The van der Waals surface area contributed by atoms with E-state index >= 15 is 0 Å². The first-order valence-corrected chi connectivity index (χ1v) is 11.2. The molecule has 0 aliphatic carbocycles. The normalized spacial score (nSPS) is 19.2. The molecule has 0 amide bonds. The third kappa shape index (κ3) is 3.76. The number of aromatic nitrogens is 2. The van der Waals surface area contributed by atoms with Crippen LogP contribution in [0.25, 0.3) is 22.4 Å². The number of likely N-dealkylation sites (N-methyl/N-ethyl adjacent to an activating group) is 1. The summed E-state index contributed by atoms with van der Waals surface area (Å²) in [5, 5.41) is 6.11. The van der Waals surface area contributed by atoms with Gasteiger partial charge in [-0.2, -0.15) is 5.10 Å². The summed E-state index contributed by atoms with van der Waals surface area (Å²) >= 11 is 0. The molecule has 8 heteroatoms. The summed E-state index contributed by atoms with van der Waals surface area (Å²) in [4.78, 5) is 4.41. The van der Waals surface area contributed by atoms with E-state index in [0.717, 1.165) is 28.1 Å². The summed E-state index contributed by atoms with van der Waals surface area (Å²) in [6, 6.07) is 14.7. The monoisotopic (exact) mass is 423 g/mol. The van der Waals surface area contributed by atoms with Crippen LogP contribution < -0.4 is 4.72 Å². The van der Waals surface area contributed by atoms with Crippen LogP contribution in [0.4, 0.5) is 0 Å². The Morgan fingerprint density at radius 2 is 1.70 bits per heavy atom. The number of benzene rings is 2. The number of nitrogens with zero attached hydrogens (tertiary/aromatic N) is 4. The predicted octanol–water partition coefficient (Wildman–Crippen LogP) is 3.11. The Kier molecular flexibility index (Phi) is 5.21. The van der Waals surface area contributed by atoms with E-state index in [9.17, 15) is 8.42 Å². The van der Waals surface area contributed by atoms with Crippen molar-refractivity contribution < 1.29 is 8.42 Å². The first kappa shape index (κ1) is 20.3. The van der Waals surface area contributed by atoms with Gasteiger partial charge in [-0.15, -0.1) is 0 Å². The summed E-state index contributed by atoms with van der Waals surface area (Å²) < 4.78 is 30.5. The number of aryl methyl sites for hydroxylation is 1. The Morgan fingerprint density at radius 3 is 2.30 bits per heavy atom. The molecule has 1 aliphatic heterocycles. The van der Waals surface area contributed by atoms with Crippen molar-refractivity contribution in [3.8, 4) is 22.4 Å². The first-order valence-electron chi connectivity index (χ1n) is 9.74. The molecule has 156 valence electrons.